The Morgan fingerprint density at radius 1 is 1.00 bits per heavy atom. The lowest BCUT2D eigenvalue weighted by Crippen LogP contribution is -2.24. The zero-order valence-corrected chi connectivity index (χ0v) is 13.5. The smallest absolute Gasteiger partial charge is 0.160 e. The third-order valence-corrected chi connectivity index (χ3v) is 4.45. The first-order valence-corrected chi connectivity index (χ1v) is 8.25. The summed E-state index contributed by atoms with van der Waals surface area (Å²) >= 11 is 0. The Kier molecular flexibility index (Phi) is 6.87. The van der Waals surface area contributed by atoms with Crippen LogP contribution < -0.4 is 14.8 Å². The van der Waals surface area contributed by atoms with Gasteiger partial charge in [-0.05, 0) is 56.0 Å². The number of methoxy groups -OCH3 is 2. The summed E-state index contributed by atoms with van der Waals surface area (Å²) in [5, 5.41) is 3.63. The Balaban J connectivity index is 1.72. The highest BCUT2D eigenvalue weighted by atomic mass is 16.5. The molecule has 3 nitrogen and oxygen atoms in total. The fraction of sp³-hybridized carbons (Fsp3) is 0.667. The summed E-state index contributed by atoms with van der Waals surface area (Å²) in [5.41, 5.74) is 1.29. The van der Waals surface area contributed by atoms with E-state index in [2.05, 4.69) is 17.4 Å². The SMILES string of the molecule is COc1ccc(CCNCC2CCCCCC2)cc1OC. The van der Waals surface area contributed by atoms with Crippen LogP contribution in [0.4, 0.5) is 0 Å². The van der Waals surface area contributed by atoms with E-state index in [1.807, 2.05) is 6.07 Å². The van der Waals surface area contributed by atoms with Gasteiger partial charge in [-0.1, -0.05) is 31.7 Å². The predicted octanol–water partition coefficient (Wildman–Crippen LogP) is 3.81. The molecular formula is C18H29NO2. The maximum absolute atomic E-state index is 5.35. The standard InChI is InChI=1S/C18H29NO2/c1-20-17-10-9-15(13-18(17)21-2)11-12-19-14-16-7-5-3-4-6-8-16/h9-10,13,16,19H,3-8,11-12,14H2,1-2H3. The van der Waals surface area contributed by atoms with Gasteiger partial charge in [-0.2, -0.15) is 0 Å². The second-order valence-corrected chi connectivity index (χ2v) is 6.00. The fourth-order valence-corrected chi connectivity index (χ4v) is 3.14. The van der Waals surface area contributed by atoms with Crippen molar-refractivity contribution in [1.82, 2.24) is 5.32 Å². The van der Waals surface area contributed by atoms with Crippen LogP contribution in [0.1, 0.15) is 44.1 Å². The van der Waals surface area contributed by atoms with E-state index in [0.717, 1.165) is 30.4 Å². The topological polar surface area (TPSA) is 30.5 Å². The normalized spacial score (nSPS) is 16.5. The van der Waals surface area contributed by atoms with Crippen molar-refractivity contribution in [3.05, 3.63) is 23.8 Å². The largest absolute Gasteiger partial charge is 0.493 e. The Morgan fingerprint density at radius 2 is 1.71 bits per heavy atom. The number of rotatable bonds is 7. The molecule has 0 spiro atoms. The van der Waals surface area contributed by atoms with Crippen molar-refractivity contribution in [1.29, 1.82) is 0 Å². The number of ether oxygens (including phenoxy) is 2. The van der Waals surface area contributed by atoms with Gasteiger partial charge in [-0.15, -0.1) is 0 Å². The van der Waals surface area contributed by atoms with E-state index in [4.69, 9.17) is 9.47 Å². The molecule has 21 heavy (non-hydrogen) atoms. The van der Waals surface area contributed by atoms with Crippen molar-refractivity contribution in [3.63, 3.8) is 0 Å². The lowest BCUT2D eigenvalue weighted by molar-refractivity contribution is 0.354. The Hall–Kier alpha value is -1.22. The molecule has 1 saturated carbocycles. The van der Waals surface area contributed by atoms with Crippen LogP contribution in [0.25, 0.3) is 0 Å². The highest BCUT2D eigenvalue weighted by Crippen LogP contribution is 2.27. The molecule has 0 heterocycles. The first-order valence-electron chi connectivity index (χ1n) is 8.25. The molecule has 1 aromatic carbocycles. The van der Waals surface area contributed by atoms with Crippen molar-refractivity contribution in [3.8, 4) is 11.5 Å². The summed E-state index contributed by atoms with van der Waals surface area (Å²) in [7, 11) is 3.36. The Morgan fingerprint density at radius 3 is 2.38 bits per heavy atom. The van der Waals surface area contributed by atoms with Crippen LogP contribution in [0.5, 0.6) is 11.5 Å². The number of benzene rings is 1. The van der Waals surface area contributed by atoms with E-state index >= 15 is 0 Å². The quantitative estimate of drug-likeness (QED) is 0.612. The molecule has 0 atom stereocenters. The van der Waals surface area contributed by atoms with Crippen LogP contribution >= 0.6 is 0 Å². The van der Waals surface area contributed by atoms with E-state index in [-0.39, 0.29) is 0 Å². The summed E-state index contributed by atoms with van der Waals surface area (Å²) in [6, 6.07) is 6.18. The van der Waals surface area contributed by atoms with Crippen LogP contribution in [0, 0.1) is 5.92 Å². The lowest BCUT2D eigenvalue weighted by Gasteiger charge is -2.15. The van der Waals surface area contributed by atoms with Gasteiger partial charge in [0.05, 0.1) is 14.2 Å². The summed E-state index contributed by atoms with van der Waals surface area (Å²) in [6.07, 6.45) is 9.55. The second kappa shape index (κ2) is 8.93. The minimum atomic E-state index is 0.799. The van der Waals surface area contributed by atoms with Gasteiger partial charge >= 0.3 is 0 Å². The van der Waals surface area contributed by atoms with Gasteiger partial charge in [0.15, 0.2) is 11.5 Å². The van der Waals surface area contributed by atoms with E-state index < -0.39 is 0 Å². The van der Waals surface area contributed by atoms with Gasteiger partial charge in [0.1, 0.15) is 0 Å². The third kappa shape index (κ3) is 5.24. The molecule has 2 rings (SSSR count). The van der Waals surface area contributed by atoms with Gasteiger partial charge in [-0.25, -0.2) is 0 Å². The van der Waals surface area contributed by atoms with Gasteiger partial charge in [0.2, 0.25) is 0 Å². The first-order chi connectivity index (χ1) is 10.3. The minimum absolute atomic E-state index is 0.799. The monoisotopic (exact) mass is 291 g/mol. The highest BCUT2D eigenvalue weighted by molar-refractivity contribution is 5.42. The molecule has 0 radical (unpaired) electrons. The van der Waals surface area contributed by atoms with Gasteiger partial charge in [0, 0.05) is 0 Å². The molecule has 1 aromatic rings. The van der Waals surface area contributed by atoms with Crippen LogP contribution in [-0.4, -0.2) is 27.3 Å². The van der Waals surface area contributed by atoms with Crippen molar-refractivity contribution in [2.24, 2.45) is 5.92 Å². The molecule has 0 aromatic heterocycles. The predicted molar refractivity (Wildman–Crippen MR) is 87.3 cm³/mol. The van der Waals surface area contributed by atoms with E-state index in [1.54, 1.807) is 14.2 Å². The van der Waals surface area contributed by atoms with Crippen LogP contribution in [0.2, 0.25) is 0 Å². The molecule has 1 aliphatic rings. The molecule has 1 N–H and O–H groups in total. The average molecular weight is 291 g/mol. The number of hydrogen-bond donors (Lipinski definition) is 1. The molecule has 0 unspecified atom stereocenters. The van der Waals surface area contributed by atoms with E-state index in [1.165, 1.54) is 50.6 Å². The zero-order chi connectivity index (χ0) is 14.9. The fourth-order valence-electron chi connectivity index (χ4n) is 3.14. The average Bonchev–Trinajstić information content (AvgIpc) is 2.80. The van der Waals surface area contributed by atoms with Gasteiger partial charge in [0.25, 0.3) is 0 Å². The van der Waals surface area contributed by atoms with Crippen LogP contribution in [0.3, 0.4) is 0 Å². The lowest BCUT2D eigenvalue weighted by atomic mass is 10.0. The minimum Gasteiger partial charge on any atom is -0.493 e. The maximum atomic E-state index is 5.35. The molecule has 1 aliphatic carbocycles. The maximum Gasteiger partial charge on any atom is 0.160 e. The third-order valence-electron chi connectivity index (χ3n) is 4.45. The number of hydrogen-bond acceptors (Lipinski definition) is 3. The van der Waals surface area contributed by atoms with Crippen LogP contribution in [-0.2, 0) is 6.42 Å². The molecule has 0 aliphatic heterocycles. The summed E-state index contributed by atoms with van der Waals surface area (Å²) in [6.45, 7) is 2.21. The summed E-state index contributed by atoms with van der Waals surface area (Å²) < 4.78 is 10.6. The Bertz CT molecular complexity index is 412. The van der Waals surface area contributed by atoms with Crippen molar-refractivity contribution >= 4 is 0 Å². The second-order valence-electron chi connectivity index (χ2n) is 6.00. The van der Waals surface area contributed by atoms with Gasteiger partial charge in [-0.3, -0.25) is 0 Å². The molecule has 3 heteroatoms. The number of nitrogens with one attached hydrogen (secondary N) is 1. The summed E-state index contributed by atoms with van der Waals surface area (Å²) in [4.78, 5) is 0. The molecule has 118 valence electrons. The van der Waals surface area contributed by atoms with Crippen LogP contribution in [0.15, 0.2) is 18.2 Å². The molecular weight excluding hydrogens is 262 g/mol. The highest BCUT2D eigenvalue weighted by Gasteiger charge is 2.11. The van der Waals surface area contributed by atoms with Crippen molar-refractivity contribution in [2.75, 3.05) is 27.3 Å². The van der Waals surface area contributed by atoms with Crippen molar-refractivity contribution in [2.45, 2.75) is 44.9 Å². The summed E-state index contributed by atoms with van der Waals surface area (Å²) in [5.74, 6) is 2.50. The van der Waals surface area contributed by atoms with Gasteiger partial charge < -0.3 is 14.8 Å². The first kappa shape index (κ1) is 16.2. The van der Waals surface area contributed by atoms with E-state index in [0.29, 0.717) is 0 Å². The molecule has 0 saturated heterocycles. The molecule has 0 amide bonds. The van der Waals surface area contributed by atoms with Crippen molar-refractivity contribution < 1.29 is 9.47 Å². The van der Waals surface area contributed by atoms with E-state index in [9.17, 15) is 0 Å². The Labute approximate surface area is 129 Å². The molecule has 0 bridgehead atoms. The zero-order valence-electron chi connectivity index (χ0n) is 13.5. The molecule has 1 fully saturated rings.